The number of benzene rings is 2. The van der Waals surface area contributed by atoms with Gasteiger partial charge in [0.15, 0.2) is 11.5 Å². The molecule has 10 heteroatoms. The van der Waals surface area contributed by atoms with E-state index < -0.39 is 0 Å². The molecule has 1 amide bonds. The molecule has 4 rings (SSSR count). The minimum Gasteiger partial charge on any atom is -0.496 e. The first-order chi connectivity index (χ1) is 16.0. The lowest BCUT2D eigenvalue weighted by atomic mass is 10.1. The molecule has 1 N–H and O–H groups in total. The van der Waals surface area contributed by atoms with Gasteiger partial charge in [-0.2, -0.15) is 4.68 Å². The van der Waals surface area contributed by atoms with Crippen molar-refractivity contribution in [1.29, 1.82) is 0 Å². The number of rotatable bonds is 8. The predicted octanol–water partition coefficient (Wildman–Crippen LogP) is 4.15. The third kappa shape index (κ3) is 5.03. The smallest absolute Gasteiger partial charge is 0.255 e. The summed E-state index contributed by atoms with van der Waals surface area (Å²) in [4.78, 5) is 13.1. The van der Waals surface area contributed by atoms with Crippen molar-refractivity contribution >= 4 is 17.5 Å². The molecule has 0 radical (unpaired) electrons. The van der Waals surface area contributed by atoms with Crippen molar-refractivity contribution in [3.05, 3.63) is 52.8 Å². The van der Waals surface area contributed by atoms with Gasteiger partial charge in [-0.15, -0.1) is 5.10 Å². The molecule has 0 aliphatic heterocycles. The molecule has 9 nitrogen and oxygen atoms in total. The summed E-state index contributed by atoms with van der Waals surface area (Å²) in [7, 11) is 3.10. The Morgan fingerprint density at radius 2 is 1.88 bits per heavy atom. The zero-order valence-corrected chi connectivity index (χ0v) is 19.5. The Morgan fingerprint density at radius 3 is 2.55 bits per heavy atom. The summed E-state index contributed by atoms with van der Waals surface area (Å²) in [6, 6.07) is 8.58. The molecular formula is C23H26ClN5O4. The number of hydrogen-bond acceptors (Lipinski definition) is 7. The number of ether oxygens (including phenoxy) is 3. The Kier molecular flexibility index (Phi) is 6.98. The zero-order chi connectivity index (χ0) is 23.4. The fourth-order valence-corrected chi connectivity index (χ4v) is 4.18. The minimum atomic E-state index is -0.324. The molecule has 0 bridgehead atoms. The van der Waals surface area contributed by atoms with Crippen molar-refractivity contribution in [2.45, 2.75) is 44.8 Å². The molecule has 1 heterocycles. The second kappa shape index (κ2) is 10.1. The van der Waals surface area contributed by atoms with Gasteiger partial charge in [-0.05, 0) is 66.8 Å². The fourth-order valence-electron chi connectivity index (χ4n) is 3.93. The highest BCUT2D eigenvalue weighted by Gasteiger charge is 2.22. The summed E-state index contributed by atoms with van der Waals surface area (Å²) < 4.78 is 18.5. The van der Waals surface area contributed by atoms with E-state index in [1.54, 1.807) is 19.2 Å². The number of tetrazole rings is 1. The molecule has 0 saturated heterocycles. The average molecular weight is 472 g/mol. The summed E-state index contributed by atoms with van der Waals surface area (Å²) in [5.74, 6) is 1.40. The van der Waals surface area contributed by atoms with Gasteiger partial charge in [-0.1, -0.05) is 17.7 Å². The van der Waals surface area contributed by atoms with E-state index in [0.717, 1.165) is 24.2 Å². The number of amides is 1. The van der Waals surface area contributed by atoms with Crippen molar-refractivity contribution in [2.24, 2.45) is 0 Å². The van der Waals surface area contributed by atoms with Crippen LogP contribution in [0.5, 0.6) is 17.2 Å². The van der Waals surface area contributed by atoms with E-state index in [1.807, 2.05) is 25.1 Å². The normalized spacial score (nSPS) is 14.7. The highest BCUT2D eigenvalue weighted by atomic mass is 35.5. The van der Waals surface area contributed by atoms with Gasteiger partial charge in [-0.3, -0.25) is 4.79 Å². The number of nitrogens with one attached hydrogen (secondary N) is 1. The first kappa shape index (κ1) is 22.8. The van der Waals surface area contributed by atoms with Crippen LogP contribution in [-0.4, -0.2) is 46.4 Å². The van der Waals surface area contributed by atoms with E-state index in [-0.39, 0.29) is 18.1 Å². The van der Waals surface area contributed by atoms with Gasteiger partial charge in [0.1, 0.15) is 12.1 Å². The largest absolute Gasteiger partial charge is 0.496 e. The van der Waals surface area contributed by atoms with Crippen LogP contribution in [0, 0.1) is 0 Å². The summed E-state index contributed by atoms with van der Waals surface area (Å²) in [5, 5.41) is 14.4. The van der Waals surface area contributed by atoms with Gasteiger partial charge in [0.05, 0.1) is 42.6 Å². The molecule has 1 unspecified atom stereocenters. The number of carbonyl (C=O) groups excluding carboxylic acids is 1. The third-order valence-electron chi connectivity index (χ3n) is 5.74. The topological polar surface area (TPSA) is 100 Å². The van der Waals surface area contributed by atoms with Gasteiger partial charge in [-0.25, -0.2) is 0 Å². The summed E-state index contributed by atoms with van der Waals surface area (Å²) in [6.07, 6.45) is 6.16. The van der Waals surface area contributed by atoms with Crippen molar-refractivity contribution in [3.8, 4) is 22.9 Å². The molecule has 33 heavy (non-hydrogen) atoms. The van der Waals surface area contributed by atoms with Crippen LogP contribution in [-0.2, 0) is 0 Å². The van der Waals surface area contributed by atoms with Gasteiger partial charge in [0, 0.05) is 6.07 Å². The van der Waals surface area contributed by atoms with Gasteiger partial charge in [0.25, 0.3) is 5.91 Å². The third-order valence-corrected chi connectivity index (χ3v) is 6.04. The monoisotopic (exact) mass is 471 g/mol. The average Bonchev–Trinajstić information content (AvgIpc) is 3.53. The molecule has 1 aromatic heterocycles. The highest BCUT2D eigenvalue weighted by Crippen LogP contribution is 2.34. The molecular weight excluding hydrogens is 446 g/mol. The molecule has 3 aromatic rings. The number of hydrogen-bond donors (Lipinski definition) is 1. The SMILES string of the molecule is COc1cc(C(C)NC(=O)c2cc(Cl)c(-n3cnnn3)cc2OC)ccc1OC1CCCC1. The molecule has 1 aliphatic rings. The van der Waals surface area contributed by atoms with Crippen molar-refractivity contribution in [3.63, 3.8) is 0 Å². The van der Waals surface area contributed by atoms with Crippen LogP contribution in [0.1, 0.15) is 54.6 Å². The minimum absolute atomic E-state index is 0.232. The quantitative estimate of drug-likeness (QED) is 0.526. The van der Waals surface area contributed by atoms with Crippen molar-refractivity contribution in [1.82, 2.24) is 25.5 Å². The van der Waals surface area contributed by atoms with E-state index in [9.17, 15) is 4.79 Å². The molecule has 1 atom stereocenters. The van der Waals surface area contributed by atoms with Crippen LogP contribution in [0.4, 0.5) is 0 Å². The fraction of sp³-hybridized carbons (Fsp3) is 0.391. The lowest BCUT2D eigenvalue weighted by Gasteiger charge is -2.20. The summed E-state index contributed by atoms with van der Waals surface area (Å²) in [5.41, 5.74) is 1.69. The summed E-state index contributed by atoms with van der Waals surface area (Å²) >= 11 is 6.39. The number of aromatic nitrogens is 4. The zero-order valence-electron chi connectivity index (χ0n) is 18.7. The molecule has 2 aromatic carbocycles. The predicted molar refractivity (Wildman–Crippen MR) is 122 cm³/mol. The van der Waals surface area contributed by atoms with Crippen LogP contribution >= 0.6 is 11.6 Å². The van der Waals surface area contributed by atoms with Crippen LogP contribution in [0.25, 0.3) is 5.69 Å². The van der Waals surface area contributed by atoms with E-state index in [4.69, 9.17) is 25.8 Å². The molecule has 174 valence electrons. The lowest BCUT2D eigenvalue weighted by molar-refractivity contribution is 0.0936. The Hall–Kier alpha value is -3.33. The lowest BCUT2D eigenvalue weighted by Crippen LogP contribution is -2.27. The van der Waals surface area contributed by atoms with Gasteiger partial charge < -0.3 is 19.5 Å². The molecule has 1 fully saturated rings. The second-order valence-electron chi connectivity index (χ2n) is 7.89. The number of nitrogens with zero attached hydrogens (tertiary/aromatic N) is 4. The van der Waals surface area contributed by atoms with E-state index in [1.165, 1.54) is 31.0 Å². The van der Waals surface area contributed by atoms with Crippen LogP contribution in [0.3, 0.4) is 0 Å². The Morgan fingerprint density at radius 1 is 1.12 bits per heavy atom. The van der Waals surface area contributed by atoms with E-state index in [0.29, 0.717) is 27.8 Å². The van der Waals surface area contributed by atoms with E-state index >= 15 is 0 Å². The maximum absolute atomic E-state index is 13.1. The van der Waals surface area contributed by atoms with Crippen molar-refractivity contribution in [2.75, 3.05) is 14.2 Å². The Labute approximate surface area is 197 Å². The maximum atomic E-state index is 13.1. The molecule has 1 saturated carbocycles. The maximum Gasteiger partial charge on any atom is 0.255 e. The number of methoxy groups -OCH3 is 2. The number of carbonyl (C=O) groups is 1. The summed E-state index contributed by atoms with van der Waals surface area (Å²) in [6.45, 7) is 1.90. The van der Waals surface area contributed by atoms with Gasteiger partial charge in [0.2, 0.25) is 0 Å². The Balaban J connectivity index is 1.51. The van der Waals surface area contributed by atoms with Crippen LogP contribution in [0.2, 0.25) is 5.02 Å². The standard InChI is InChI=1S/C23H26ClN5O4/c1-14(15-8-9-20(22(10-15)32-3)33-16-6-4-5-7-16)26-23(30)17-11-18(24)19(12-21(17)31-2)29-13-25-27-28-29/h8-14,16H,4-7H2,1-3H3,(H,26,30). The molecule has 0 spiro atoms. The second-order valence-corrected chi connectivity index (χ2v) is 8.30. The van der Waals surface area contributed by atoms with Crippen molar-refractivity contribution < 1.29 is 19.0 Å². The van der Waals surface area contributed by atoms with Crippen LogP contribution < -0.4 is 19.5 Å². The van der Waals surface area contributed by atoms with Gasteiger partial charge >= 0.3 is 0 Å². The Bertz CT molecular complexity index is 1120. The highest BCUT2D eigenvalue weighted by molar-refractivity contribution is 6.33. The number of halogens is 1. The van der Waals surface area contributed by atoms with Crippen LogP contribution in [0.15, 0.2) is 36.7 Å². The van der Waals surface area contributed by atoms with E-state index in [2.05, 4.69) is 20.8 Å². The first-order valence-electron chi connectivity index (χ1n) is 10.8. The molecule has 1 aliphatic carbocycles. The first-order valence-corrected chi connectivity index (χ1v) is 11.1.